The van der Waals surface area contributed by atoms with Crippen LogP contribution in [0.1, 0.15) is 47.1 Å². The number of phenolic OH excluding ortho intramolecular Hbond substituents is 1. The van der Waals surface area contributed by atoms with Gasteiger partial charge in [-0.05, 0) is 51.5 Å². The third kappa shape index (κ3) is 3.90. The zero-order chi connectivity index (χ0) is 27.3. The Morgan fingerprint density at radius 3 is 2.49 bits per heavy atom. The Morgan fingerprint density at radius 2 is 1.86 bits per heavy atom. The lowest BCUT2D eigenvalue weighted by Crippen LogP contribution is -2.72. The molecular weight excluding hydrogens is 482 g/mol. The number of aliphatic hydroxyl groups excluding tert-OH is 1. The maximum absolute atomic E-state index is 12.9. The first kappa shape index (κ1) is 26.4. The number of Topliss-reactive ketones (excluding diaryl/α,β-unsaturated/α-hetero) is 1. The molecule has 7 N–H and O–H groups in total. The number of rotatable bonds is 7. The first-order valence-electron chi connectivity index (χ1n) is 11.8. The van der Waals surface area contributed by atoms with Gasteiger partial charge in [0.15, 0.2) is 11.4 Å². The lowest BCUT2D eigenvalue weighted by atomic mass is 9.74. The maximum Gasteiger partial charge on any atom is 0.342 e. The van der Waals surface area contributed by atoms with Crippen LogP contribution >= 0.6 is 0 Å². The summed E-state index contributed by atoms with van der Waals surface area (Å²) < 4.78 is 5.43. The van der Waals surface area contributed by atoms with Gasteiger partial charge in [0, 0.05) is 11.3 Å². The summed E-state index contributed by atoms with van der Waals surface area (Å²) in [5, 5.41) is 53.1. The van der Waals surface area contributed by atoms with E-state index in [2.05, 4.69) is 16.0 Å². The van der Waals surface area contributed by atoms with E-state index in [1.165, 1.54) is 26.8 Å². The number of phenols is 1. The molecular formula is C26H31N3O8. The lowest BCUT2D eigenvalue weighted by Gasteiger charge is -2.46. The van der Waals surface area contributed by atoms with Crippen molar-refractivity contribution in [3.63, 3.8) is 0 Å². The molecule has 4 rings (SSSR count). The minimum absolute atomic E-state index is 0.0979. The van der Waals surface area contributed by atoms with Gasteiger partial charge in [0.1, 0.15) is 29.1 Å². The number of hydrogen-bond donors (Lipinski definition) is 7. The monoisotopic (exact) mass is 513 g/mol. The molecule has 0 spiro atoms. The number of fused-ring (bicyclic) bond motifs is 1. The molecule has 1 heterocycles. The fraction of sp³-hybridized carbons (Fsp3) is 0.423. The number of amides is 2. The second-order valence-corrected chi connectivity index (χ2v) is 9.92. The first-order valence-corrected chi connectivity index (χ1v) is 11.8. The van der Waals surface area contributed by atoms with Crippen LogP contribution in [0, 0.1) is 6.92 Å². The van der Waals surface area contributed by atoms with Crippen molar-refractivity contribution < 1.29 is 39.5 Å². The van der Waals surface area contributed by atoms with Crippen molar-refractivity contribution in [2.75, 3.05) is 11.9 Å². The number of esters is 1. The zero-order valence-corrected chi connectivity index (χ0v) is 20.9. The Hall–Kier alpha value is -3.67. The Morgan fingerprint density at radius 1 is 1.19 bits per heavy atom. The summed E-state index contributed by atoms with van der Waals surface area (Å²) in [6, 6.07) is 7.95. The summed E-state index contributed by atoms with van der Waals surface area (Å²) in [5.74, 6) is -1.44. The molecule has 1 saturated carbocycles. The van der Waals surface area contributed by atoms with Crippen LogP contribution in [0.15, 0.2) is 42.5 Å². The van der Waals surface area contributed by atoms with E-state index in [4.69, 9.17) is 4.74 Å². The molecule has 0 radical (unpaired) electrons. The van der Waals surface area contributed by atoms with E-state index in [0.717, 1.165) is 0 Å². The number of ether oxygens (including phenoxy) is 1. The summed E-state index contributed by atoms with van der Waals surface area (Å²) in [6.07, 6.45) is -1.36. The highest BCUT2D eigenvalue weighted by molar-refractivity contribution is 5.95. The number of ketones is 1. The number of urea groups is 1. The van der Waals surface area contributed by atoms with Crippen LogP contribution in [-0.2, 0) is 4.74 Å². The number of aliphatic hydroxyl groups is 3. The van der Waals surface area contributed by atoms with Crippen molar-refractivity contribution in [2.24, 2.45) is 0 Å². The van der Waals surface area contributed by atoms with Gasteiger partial charge in [0.2, 0.25) is 0 Å². The molecule has 37 heavy (non-hydrogen) atoms. The highest BCUT2D eigenvalue weighted by Crippen LogP contribution is 2.51. The molecule has 1 aliphatic heterocycles. The van der Waals surface area contributed by atoms with Gasteiger partial charge in [-0.15, -0.1) is 0 Å². The fourth-order valence-corrected chi connectivity index (χ4v) is 5.64. The second-order valence-electron chi connectivity index (χ2n) is 9.92. The van der Waals surface area contributed by atoms with Gasteiger partial charge < -0.3 is 41.1 Å². The molecule has 1 saturated heterocycles. The van der Waals surface area contributed by atoms with Crippen molar-refractivity contribution in [1.82, 2.24) is 10.6 Å². The minimum Gasteiger partial charge on any atom is -0.507 e. The Labute approximate surface area is 213 Å². The van der Waals surface area contributed by atoms with Crippen molar-refractivity contribution in [3.8, 4) is 5.75 Å². The topological polar surface area (TPSA) is 177 Å². The van der Waals surface area contributed by atoms with Crippen LogP contribution < -0.4 is 16.0 Å². The molecule has 1 aliphatic carbocycles. The third-order valence-electron chi connectivity index (χ3n) is 7.72. The van der Waals surface area contributed by atoms with Crippen LogP contribution in [-0.4, -0.2) is 79.7 Å². The summed E-state index contributed by atoms with van der Waals surface area (Å²) in [7, 11) is 0. The second kappa shape index (κ2) is 9.02. The summed E-state index contributed by atoms with van der Waals surface area (Å²) >= 11 is 0. The van der Waals surface area contributed by atoms with Crippen LogP contribution in [0.25, 0.3) is 0 Å². The third-order valence-corrected chi connectivity index (χ3v) is 7.72. The van der Waals surface area contributed by atoms with Gasteiger partial charge in [0.05, 0.1) is 18.2 Å². The van der Waals surface area contributed by atoms with E-state index in [1.807, 2.05) is 0 Å². The summed E-state index contributed by atoms with van der Waals surface area (Å²) in [4.78, 5) is 37.2. The van der Waals surface area contributed by atoms with Crippen LogP contribution in [0.3, 0.4) is 0 Å². The van der Waals surface area contributed by atoms with Crippen molar-refractivity contribution in [2.45, 2.75) is 62.6 Å². The number of hydrogen-bond acceptors (Lipinski definition) is 9. The standard InChI is InChI=1S/C26H31N3O8/c1-13-7-5-10-18(32)19(13)22(33)37-12-25(36)20(27-17-9-6-8-16(11-17)14(2)30)21-26(15(3)31,24(25,4)35)29-23(34)28-21/h5-11,15,20-21,27,31-32,35-36H,12H2,1-4H3,(H2,28,29,34). The lowest BCUT2D eigenvalue weighted by molar-refractivity contribution is -0.184. The number of aromatic hydroxyl groups is 1. The van der Waals surface area contributed by atoms with Gasteiger partial charge >= 0.3 is 12.0 Å². The highest BCUT2D eigenvalue weighted by atomic mass is 16.5. The van der Waals surface area contributed by atoms with E-state index in [1.54, 1.807) is 43.3 Å². The van der Waals surface area contributed by atoms with Crippen LogP contribution in [0.4, 0.5) is 10.5 Å². The Kier molecular flexibility index (Phi) is 6.43. The molecule has 0 bridgehead atoms. The average molecular weight is 514 g/mol. The molecule has 2 aliphatic rings. The zero-order valence-electron chi connectivity index (χ0n) is 20.9. The van der Waals surface area contributed by atoms with Gasteiger partial charge in [-0.3, -0.25) is 4.79 Å². The molecule has 0 aromatic heterocycles. The molecule has 198 valence electrons. The van der Waals surface area contributed by atoms with Crippen molar-refractivity contribution in [1.29, 1.82) is 0 Å². The smallest absolute Gasteiger partial charge is 0.342 e. The van der Waals surface area contributed by atoms with Crippen molar-refractivity contribution >= 4 is 23.5 Å². The number of carbonyl (C=O) groups excluding carboxylic acids is 3. The SMILES string of the molecule is CC(=O)c1cccc(NC2C3NC(=O)NC3(C(C)O)C(C)(O)C2(O)COC(=O)c2c(C)cccc2O)c1. The normalized spacial score (nSPS) is 31.2. The number of aryl methyl sites for hydroxylation is 1. The number of carbonyl (C=O) groups is 3. The molecule has 2 fully saturated rings. The van der Waals surface area contributed by atoms with Crippen LogP contribution in [0.5, 0.6) is 5.75 Å². The summed E-state index contributed by atoms with van der Waals surface area (Å²) in [6.45, 7) is 4.85. The predicted molar refractivity (Wildman–Crippen MR) is 132 cm³/mol. The van der Waals surface area contributed by atoms with Gasteiger partial charge in [-0.2, -0.15) is 0 Å². The Bertz CT molecular complexity index is 1240. The molecule has 2 aromatic rings. The van der Waals surface area contributed by atoms with Gasteiger partial charge in [0.25, 0.3) is 0 Å². The predicted octanol–water partition coefficient (Wildman–Crippen LogP) is 0.837. The molecule has 2 aromatic carbocycles. The largest absolute Gasteiger partial charge is 0.507 e. The first-order chi connectivity index (χ1) is 17.3. The number of benzene rings is 2. The van der Waals surface area contributed by atoms with Gasteiger partial charge in [-0.25, -0.2) is 9.59 Å². The molecule has 6 unspecified atom stereocenters. The van der Waals surface area contributed by atoms with Gasteiger partial charge in [-0.1, -0.05) is 24.3 Å². The number of nitrogens with one attached hydrogen (secondary N) is 3. The molecule has 6 atom stereocenters. The quantitative estimate of drug-likeness (QED) is 0.209. The van der Waals surface area contributed by atoms with E-state index < -0.39 is 53.5 Å². The maximum atomic E-state index is 12.9. The molecule has 2 amide bonds. The van der Waals surface area contributed by atoms with Crippen LogP contribution in [0.2, 0.25) is 0 Å². The number of anilines is 1. The van der Waals surface area contributed by atoms with Crippen molar-refractivity contribution in [3.05, 3.63) is 59.2 Å². The summed E-state index contributed by atoms with van der Waals surface area (Å²) in [5.41, 5.74) is -5.20. The average Bonchev–Trinajstić information content (AvgIpc) is 3.24. The van der Waals surface area contributed by atoms with E-state index in [0.29, 0.717) is 16.8 Å². The van der Waals surface area contributed by atoms with E-state index in [9.17, 15) is 34.8 Å². The van der Waals surface area contributed by atoms with E-state index >= 15 is 0 Å². The fourth-order valence-electron chi connectivity index (χ4n) is 5.64. The molecule has 11 heteroatoms. The molecule has 11 nitrogen and oxygen atoms in total. The minimum atomic E-state index is -2.28. The van der Waals surface area contributed by atoms with E-state index in [-0.39, 0.29) is 17.1 Å². The highest BCUT2D eigenvalue weighted by Gasteiger charge is 2.79. The Balaban J connectivity index is 1.76.